The highest BCUT2D eigenvalue weighted by Gasteiger charge is 2.24. The van der Waals surface area contributed by atoms with Crippen LogP contribution in [0, 0.1) is 0 Å². The van der Waals surface area contributed by atoms with Crippen molar-refractivity contribution in [3.8, 4) is 0 Å². The van der Waals surface area contributed by atoms with Crippen molar-refractivity contribution in [3.05, 3.63) is 41.5 Å². The molecule has 2 rings (SSSR count). The van der Waals surface area contributed by atoms with E-state index in [0.29, 0.717) is 30.8 Å². The molecule has 1 aromatic carbocycles. The summed E-state index contributed by atoms with van der Waals surface area (Å²) >= 11 is 0. The Labute approximate surface area is 122 Å². The maximum absolute atomic E-state index is 12.3. The van der Waals surface area contributed by atoms with E-state index in [1.807, 2.05) is 0 Å². The van der Waals surface area contributed by atoms with Gasteiger partial charge in [0.25, 0.3) is 5.91 Å². The van der Waals surface area contributed by atoms with Gasteiger partial charge >= 0.3 is 5.97 Å². The van der Waals surface area contributed by atoms with Gasteiger partial charge in [-0.1, -0.05) is 12.1 Å². The Hall–Kier alpha value is -2.18. The zero-order valence-electron chi connectivity index (χ0n) is 11.4. The van der Waals surface area contributed by atoms with Crippen LogP contribution in [0.25, 0.3) is 6.08 Å². The van der Waals surface area contributed by atoms with Crippen molar-refractivity contribution < 1.29 is 24.5 Å². The van der Waals surface area contributed by atoms with Gasteiger partial charge in [0.2, 0.25) is 0 Å². The van der Waals surface area contributed by atoms with Crippen LogP contribution in [-0.2, 0) is 9.53 Å². The highest BCUT2D eigenvalue weighted by atomic mass is 16.5. The third-order valence-electron chi connectivity index (χ3n) is 3.21. The highest BCUT2D eigenvalue weighted by molar-refractivity contribution is 5.94. The van der Waals surface area contributed by atoms with E-state index >= 15 is 0 Å². The van der Waals surface area contributed by atoms with E-state index in [2.05, 4.69) is 0 Å². The Balaban J connectivity index is 2.04. The topological polar surface area (TPSA) is 87.1 Å². The quantitative estimate of drug-likeness (QED) is 0.794. The van der Waals surface area contributed by atoms with Crippen molar-refractivity contribution in [2.45, 2.75) is 6.10 Å². The third kappa shape index (κ3) is 4.14. The summed E-state index contributed by atoms with van der Waals surface area (Å²) in [5.74, 6) is -1.14. The lowest BCUT2D eigenvalue weighted by Gasteiger charge is -2.32. The highest BCUT2D eigenvalue weighted by Crippen LogP contribution is 2.12. The van der Waals surface area contributed by atoms with Crippen LogP contribution in [0.15, 0.2) is 30.3 Å². The largest absolute Gasteiger partial charge is 0.478 e. The van der Waals surface area contributed by atoms with E-state index in [0.717, 1.165) is 6.08 Å². The molecule has 0 bridgehead atoms. The molecule has 0 aliphatic carbocycles. The van der Waals surface area contributed by atoms with Gasteiger partial charge < -0.3 is 19.8 Å². The summed E-state index contributed by atoms with van der Waals surface area (Å²) in [7, 11) is 0. The minimum Gasteiger partial charge on any atom is -0.478 e. The number of ether oxygens (including phenoxy) is 1. The van der Waals surface area contributed by atoms with Crippen LogP contribution in [0.5, 0.6) is 0 Å². The molecule has 112 valence electrons. The first-order valence-electron chi connectivity index (χ1n) is 6.63. The Morgan fingerprint density at radius 1 is 1.33 bits per heavy atom. The molecule has 1 atom stereocenters. The Morgan fingerprint density at radius 2 is 2.05 bits per heavy atom. The number of hydrogen-bond donors (Lipinski definition) is 2. The Bertz CT molecular complexity index is 537. The van der Waals surface area contributed by atoms with Crippen molar-refractivity contribution in [1.29, 1.82) is 0 Å². The van der Waals surface area contributed by atoms with Crippen molar-refractivity contribution in [2.24, 2.45) is 0 Å². The average Bonchev–Trinajstić information content (AvgIpc) is 2.52. The summed E-state index contributed by atoms with van der Waals surface area (Å²) in [4.78, 5) is 24.4. The van der Waals surface area contributed by atoms with E-state index in [9.17, 15) is 9.59 Å². The first-order chi connectivity index (χ1) is 10.1. The van der Waals surface area contributed by atoms with Crippen molar-refractivity contribution in [3.63, 3.8) is 0 Å². The van der Waals surface area contributed by atoms with Gasteiger partial charge in [-0.25, -0.2) is 4.79 Å². The number of amides is 1. The number of carbonyl (C=O) groups excluding carboxylic acids is 1. The molecule has 1 fully saturated rings. The standard InChI is InChI=1S/C15H17NO5/c17-10-13-9-16(7-8-21-13)15(20)12-4-1-11(2-5-12)3-6-14(18)19/h1-6,13,17H,7-10H2,(H,18,19)/b6-3+. The van der Waals surface area contributed by atoms with Crippen LogP contribution in [0.1, 0.15) is 15.9 Å². The first-order valence-corrected chi connectivity index (χ1v) is 6.63. The second kappa shape index (κ2) is 7.01. The molecule has 1 unspecified atom stereocenters. The Kier molecular flexibility index (Phi) is 5.08. The summed E-state index contributed by atoms with van der Waals surface area (Å²) in [6.07, 6.45) is 2.18. The predicted molar refractivity (Wildman–Crippen MR) is 75.8 cm³/mol. The monoisotopic (exact) mass is 291 g/mol. The number of aliphatic hydroxyl groups is 1. The van der Waals surface area contributed by atoms with E-state index in [1.165, 1.54) is 6.08 Å². The molecule has 6 nitrogen and oxygen atoms in total. The molecule has 1 aromatic rings. The smallest absolute Gasteiger partial charge is 0.328 e. The molecule has 0 radical (unpaired) electrons. The van der Waals surface area contributed by atoms with Crippen molar-refractivity contribution in [2.75, 3.05) is 26.3 Å². The molecule has 2 N–H and O–H groups in total. The van der Waals surface area contributed by atoms with Gasteiger partial charge in [0.05, 0.1) is 19.3 Å². The number of morpholine rings is 1. The minimum absolute atomic E-state index is 0.108. The number of aliphatic carboxylic acids is 1. The predicted octanol–water partition coefficient (Wildman–Crippen LogP) is 0.618. The number of nitrogens with zero attached hydrogens (tertiary/aromatic N) is 1. The van der Waals surface area contributed by atoms with E-state index < -0.39 is 5.97 Å². The second-order valence-electron chi connectivity index (χ2n) is 4.72. The lowest BCUT2D eigenvalue weighted by Crippen LogP contribution is -2.46. The second-order valence-corrected chi connectivity index (χ2v) is 4.72. The SMILES string of the molecule is O=C(O)/C=C/c1ccc(C(=O)N2CCOC(CO)C2)cc1. The lowest BCUT2D eigenvalue weighted by atomic mass is 10.1. The van der Waals surface area contributed by atoms with Crippen LogP contribution in [0.4, 0.5) is 0 Å². The number of benzene rings is 1. The van der Waals surface area contributed by atoms with E-state index in [-0.39, 0.29) is 18.6 Å². The van der Waals surface area contributed by atoms with E-state index in [4.69, 9.17) is 14.9 Å². The van der Waals surface area contributed by atoms with Gasteiger partial charge in [0.1, 0.15) is 0 Å². The molecule has 1 aliphatic rings. The molecule has 1 amide bonds. The summed E-state index contributed by atoms with van der Waals surface area (Å²) < 4.78 is 5.31. The van der Waals surface area contributed by atoms with Crippen LogP contribution in [0.2, 0.25) is 0 Å². The Morgan fingerprint density at radius 3 is 2.67 bits per heavy atom. The fraction of sp³-hybridized carbons (Fsp3) is 0.333. The van der Waals surface area contributed by atoms with Crippen molar-refractivity contribution in [1.82, 2.24) is 4.90 Å². The molecule has 0 aromatic heterocycles. The number of rotatable bonds is 4. The normalized spacial score (nSPS) is 18.9. The molecule has 1 heterocycles. The average molecular weight is 291 g/mol. The minimum atomic E-state index is -1.02. The molecule has 6 heteroatoms. The van der Waals surface area contributed by atoms with Gasteiger partial charge in [-0.05, 0) is 23.8 Å². The van der Waals surface area contributed by atoms with Gasteiger partial charge in [0.15, 0.2) is 0 Å². The molecular weight excluding hydrogens is 274 g/mol. The summed E-state index contributed by atoms with van der Waals surface area (Å²) in [6, 6.07) is 6.70. The van der Waals surface area contributed by atoms with Crippen LogP contribution in [-0.4, -0.2) is 59.4 Å². The summed E-state index contributed by atoms with van der Waals surface area (Å²) in [5, 5.41) is 17.6. The fourth-order valence-electron chi connectivity index (χ4n) is 2.10. The molecule has 0 saturated carbocycles. The van der Waals surface area contributed by atoms with Gasteiger partial charge in [-0.3, -0.25) is 4.79 Å². The maximum atomic E-state index is 12.3. The molecule has 1 aliphatic heterocycles. The molecule has 1 saturated heterocycles. The fourth-order valence-corrected chi connectivity index (χ4v) is 2.10. The van der Waals surface area contributed by atoms with Gasteiger partial charge in [0, 0.05) is 24.7 Å². The third-order valence-corrected chi connectivity index (χ3v) is 3.21. The lowest BCUT2D eigenvalue weighted by molar-refractivity contribution is -0.131. The van der Waals surface area contributed by atoms with Crippen molar-refractivity contribution >= 4 is 18.0 Å². The van der Waals surface area contributed by atoms with E-state index in [1.54, 1.807) is 29.2 Å². The number of carboxylic acid groups (broad SMARTS) is 1. The summed E-state index contributed by atoms with van der Waals surface area (Å²) in [5.41, 5.74) is 1.24. The molecule has 21 heavy (non-hydrogen) atoms. The van der Waals surface area contributed by atoms with Gasteiger partial charge in [-0.15, -0.1) is 0 Å². The zero-order valence-corrected chi connectivity index (χ0v) is 11.4. The number of aliphatic hydroxyl groups excluding tert-OH is 1. The van der Waals surface area contributed by atoms with Crippen LogP contribution in [0.3, 0.4) is 0 Å². The molecular formula is C15H17NO5. The van der Waals surface area contributed by atoms with Crippen LogP contribution >= 0.6 is 0 Å². The maximum Gasteiger partial charge on any atom is 0.328 e. The number of hydrogen-bond acceptors (Lipinski definition) is 4. The summed E-state index contributed by atoms with van der Waals surface area (Å²) in [6.45, 7) is 1.17. The number of carbonyl (C=O) groups is 2. The van der Waals surface area contributed by atoms with Gasteiger partial charge in [-0.2, -0.15) is 0 Å². The molecule has 0 spiro atoms. The zero-order chi connectivity index (χ0) is 15.2. The first kappa shape index (κ1) is 15.2. The number of carboxylic acids is 1. The van der Waals surface area contributed by atoms with Crippen LogP contribution < -0.4 is 0 Å².